The van der Waals surface area contributed by atoms with Gasteiger partial charge in [-0.25, -0.2) is 4.39 Å². The van der Waals surface area contributed by atoms with Gasteiger partial charge >= 0.3 is 0 Å². The number of carbonyl (C=O) groups is 1. The number of rotatable bonds is 2. The quantitative estimate of drug-likeness (QED) is 0.775. The molecule has 0 aromatic heterocycles. The fraction of sp³-hybridized carbons (Fsp3) is 0.357. The van der Waals surface area contributed by atoms with Gasteiger partial charge in [-0.15, -0.1) is 0 Å². The van der Waals surface area contributed by atoms with Crippen LogP contribution in [0.4, 0.5) is 4.39 Å². The van der Waals surface area contributed by atoms with Gasteiger partial charge < -0.3 is 11.1 Å². The molecule has 0 aliphatic heterocycles. The molecule has 0 atom stereocenters. The second-order valence-corrected chi connectivity index (χ2v) is 4.72. The van der Waals surface area contributed by atoms with Gasteiger partial charge in [0.05, 0.1) is 12.1 Å². The van der Waals surface area contributed by atoms with Crippen LogP contribution in [0.3, 0.4) is 0 Å². The maximum Gasteiger partial charge on any atom is 0.254 e. The minimum atomic E-state index is -0.532. The van der Waals surface area contributed by atoms with Crippen LogP contribution in [0.15, 0.2) is 18.2 Å². The van der Waals surface area contributed by atoms with Gasteiger partial charge in [0, 0.05) is 11.1 Å². The molecule has 0 unspecified atom stereocenters. The lowest BCUT2D eigenvalue weighted by molar-refractivity contribution is 0.0931. The Morgan fingerprint density at radius 1 is 1.56 bits per heavy atom. The van der Waals surface area contributed by atoms with Crippen molar-refractivity contribution in [2.75, 3.05) is 6.54 Å². The maximum atomic E-state index is 13.6. The van der Waals surface area contributed by atoms with Crippen LogP contribution >= 0.6 is 0 Å². The lowest BCUT2D eigenvalue weighted by Crippen LogP contribution is -2.34. The molecule has 1 aromatic carbocycles. The van der Waals surface area contributed by atoms with Gasteiger partial charge in [0.2, 0.25) is 0 Å². The Balaban J connectivity index is 2.22. The maximum absolute atomic E-state index is 13.6. The highest BCUT2D eigenvalue weighted by Crippen LogP contribution is 2.34. The van der Waals surface area contributed by atoms with Crippen LogP contribution in [0.5, 0.6) is 0 Å². The number of nitrogens with one attached hydrogen (secondary N) is 1. The summed E-state index contributed by atoms with van der Waals surface area (Å²) in [4.78, 5) is 11.9. The zero-order valence-electron chi connectivity index (χ0n) is 10.2. The average Bonchev–Trinajstić information content (AvgIpc) is 3.05. The molecule has 0 saturated heterocycles. The lowest BCUT2D eigenvalue weighted by atomic mass is 10.1. The fourth-order valence-electron chi connectivity index (χ4n) is 1.58. The van der Waals surface area contributed by atoms with E-state index in [0.717, 1.165) is 12.8 Å². The van der Waals surface area contributed by atoms with Crippen molar-refractivity contribution in [1.29, 1.82) is 0 Å². The molecule has 1 fully saturated rings. The van der Waals surface area contributed by atoms with Crippen molar-refractivity contribution in [3.05, 3.63) is 35.1 Å². The van der Waals surface area contributed by atoms with E-state index in [0.29, 0.717) is 5.56 Å². The van der Waals surface area contributed by atoms with Gasteiger partial charge in [-0.05, 0) is 38.0 Å². The van der Waals surface area contributed by atoms with E-state index in [4.69, 9.17) is 5.73 Å². The first-order valence-corrected chi connectivity index (χ1v) is 5.85. The number of nitrogens with two attached hydrogens (primary N) is 1. The van der Waals surface area contributed by atoms with Crippen molar-refractivity contribution >= 4 is 5.91 Å². The molecular weight excluding hydrogens is 231 g/mol. The number of amides is 1. The molecule has 3 nitrogen and oxygen atoms in total. The fourth-order valence-corrected chi connectivity index (χ4v) is 1.58. The Morgan fingerprint density at radius 2 is 2.28 bits per heavy atom. The molecule has 1 saturated carbocycles. The van der Waals surface area contributed by atoms with Gasteiger partial charge in [-0.2, -0.15) is 0 Å². The summed E-state index contributed by atoms with van der Waals surface area (Å²) in [5, 5.41) is 2.82. The van der Waals surface area contributed by atoms with Gasteiger partial charge in [-0.1, -0.05) is 11.8 Å². The molecule has 2 rings (SSSR count). The Bertz CT molecular complexity index is 538. The Morgan fingerprint density at radius 3 is 2.89 bits per heavy atom. The Kier molecular flexibility index (Phi) is 3.35. The van der Waals surface area contributed by atoms with Gasteiger partial charge in [0.1, 0.15) is 5.82 Å². The van der Waals surface area contributed by atoms with Crippen LogP contribution in [-0.2, 0) is 0 Å². The molecule has 0 radical (unpaired) electrons. The topological polar surface area (TPSA) is 55.1 Å². The highest BCUT2D eigenvalue weighted by molar-refractivity contribution is 5.95. The zero-order valence-corrected chi connectivity index (χ0v) is 10.2. The minimum absolute atomic E-state index is 0.0342. The summed E-state index contributed by atoms with van der Waals surface area (Å²) < 4.78 is 13.6. The first kappa shape index (κ1) is 12.6. The van der Waals surface area contributed by atoms with Crippen molar-refractivity contribution in [2.24, 2.45) is 5.73 Å². The SMILES string of the molecule is CC1(NC(=O)c2cc(C#CCN)ccc2F)CC1. The molecule has 0 heterocycles. The van der Waals surface area contributed by atoms with Crippen LogP contribution in [0.25, 0.3) is 0 Å². The molecule has 0 spiro atoms. The Labute approximate surface area is 106 Å². The van der Waals surface area contributed by atoms with Crippen LogP contribution in [-0.4, -0.2) is 18.0 Å². The molecule has 3 N–H and O–H groups in total. The lowest BCUT2D eigenvalue weighted by Gasteiger charge is -2.12. The van der Waals surface area contributed by atoms with E-state index in [-0.39, 0.29) is 23.6 Å². The molecule has 1 aliphatic rings. The molecule has 18 heavy (non-hydrogen) atoms. The first-order valence-electron chi connectivity index (χ1n) is 5.85. The van der Waals surface area contributed by atoms with Crippen LogP contribution in [0.2, 0.25) is 0 Å². The van der Waals surface area contributed by atoms with Gasteiger partial charge in [-0.3, -0.25) is 4.79 Å². The molecular formula is C14H15FN2O. The van der Waals surface area contributed by atoms with E-state index in [1.54, 1.807) is 0 Å². The first-order chi connectivity index (χ1) is 8.54. The molecule has 1 amide bonds. The van der Waals surface area contributed by atoms with E-state index < -0.39 is 5.82 Å². The molecule has 1 aromatic rings. The normalized spacial score (nSPS) is 15.5. The summed E-state index contributed by atoms with van der Waals surface area (Å²) in [6, 6.07) is 4.25. The summed E-state index contributed by atoms with van der Waals surface area (Å²) in [7, 11) is 0. The third-order valence-corrected chi connectivity index (χ3v) is 2.96. The average molecular weight is 246 g/mol. The smallest absolute Gasteiger partial charge is 0.254 e. The van der Waals surface area contributed by atoms with E-state index >= 15 is 0 Å². The summed E-state index contributed by atoms with van der Waals surface area (Å²) in [6.45, 7) is 2.18. The van der Waals surface area contributed by atoms with Gasteiger partial charge in [0.15, 0.2) is 0 Å². The summed E-state index contributed by atoms with van der Waals surface area (Å²) in [5.41, 5.74) is 5.73. The second kappa shape index (κ2) is 4.79. The summed E-state index contributed by atoms with van der Waals surface area (Å²) >= 11 is 0. The largest absolute Gasteiger partial charge is 0.347 e. The van der Waals surface area contributed by atoms with Gasteiger partial charge in [0.25, 0.3) is 5.91 Å². The predicted octanol–water partition coefficient (Wildman–Crippen LogP) is 1.42. The number of halogens is 1. The number of benzene rings is 1. The predicted molar refractivity (Wildman–Crippen MR) is 67.4 cm³/mol. The molecule has 1 aliphatic carbocycles. The standard InChI is InChI=1S/C14H15FN2O/c1-14(6-7-14)17-13(18)11-9-10(3-2-8-16)4-5-12(11)15/h4-5,9H,6-8,16H2,1H3,(H,17,18). The Hall–Kier alpha value is -1.86. The van der Waals surface area contributed by atoms with Crippen molar-refractivity contribution in [1.82, 2.24) is 5.32 Å². The number of carbonyl (C=O) groups excluding carboxylic acids is 1. The third-order valence-electron chi connectivity index (χ3n) is 2.96. The van der Waals surface area contributed by atoms with Crippen LogP contribution in [0.1, 0.15) is 35.7 Å². The van der Waals surface area contributed by atoms with Crippen molar-refractivity contribution < 1.29 is 9.18 Å². The highest BCUT2D eigenvalue weighted by Gasteiger charge is 2.39. The van der Waals surface area contributed by atoms with Crippen molar-refractivity contribution in [2.45, 2.75) is 25.3 Å². The monoisotopic (exact) mass is 246 g/mol. The zero-order chi connectivity index (χ0) is 13.2. The highest BCUT2D eigenvalue weighted by atomic mass is 19.1. The molecule has 0 bridgehead atoms. The third kappa shape index (κ3) is 2.88. The van der Waals surface area contributed by atoms with Crippen LogP contribution < -0.4 is 11.1 Å². The van der Waals surface area contributed by atoms with Crippen LogP contribution in [0, 0.1) is 17.7 Å². The molecule has 94 valence electrons. The van der Waals surface area contributed by atoms with E-state index in [1.807, 2.05) is 6.92 Å². The summed E-state index contributed by atoms with van der Waals surface area (Å²) in [6.07, 6.45) is 1.88. The van der Waals surface area contributed by atoms with Crippen molar-refractivity contribution in [3.63, 3.8) is 0 Å². The van der Waals surface area contributed by atoms with Crippen molar-refractivity contribution in [3.8, 4) is 11.8 Å². The van der Waals surface area contributed by atoms with E-state index in [9.17, 15) is 9.18 Å². The summed E-state index contributed by atoms with van der Waals surface area (Å²) in [5.74, 6) is 4.54. The second-order valence-electron chi connectivity index (χ2n) is 4.72. The van der Waals surface area contributed by atoms with E-state index in [2.05, 4.69) is 17.2 Å². The number of hydrogen-bond donors (Lipinski definition) is 2. The minimum Gasteiger partial charge on any atom is -0.347 e. The number of hydrogen-bond acceptors (Lipinski definition) is 2. The van der Waals surface area contributed by atoms with E-state index in [1.165, 1.54) is 18.2 Å². The molecule has 4 heteroatoms.